The van der Waals surface area contributed by atoms with Gasteiger partial charge < -0.3 is 15.0 Å². The minimum atomic E-state index is -1.42. The Kier molecular flexibility index (Phi) is 7.62. The SMILES string of the molecule is CC=NC(C(=O)[O-])C(C)[O-].[Fe+2]. The molecule has 0 rings (SSSR count). The van der Waals surface area contributed by atoms with Gasteiger partial charge in [-0.15, -0.1) is 6.10 Å². The Morgan fingerprint density at radius 3 is 2.18 bits per heavy atom. The van der Waals surface area contributed by atoms with Crippen LogP contribution in [0.1, 0.15) is 13.8 Å². The summed E-state index contributed by atoms with van der Waals surface area (Å²) in [5.41, 5.74) is 0. The van der Waals surface area contributed by atoms with Gasteiger partial charge in [-0.2, -0.15) is 0 Å². The molecule has 0 heterocycles. The van der Waals surface area contributed by atoms with Crippen molar-refractivity contribution in [2.24, 2.45) is 4.99 Å². The van der Waals surface area contributed by atoms with Crippen LogP contribution in [0.5, 0.6) is 0 Å². The molecule has 0 saturated heterocycles. The number of carboxylic acids is 1. The number of hydrogen-bond acceptors (Lipinski definition) is 4. The summed E-state index contributed by atoms with van der Waals surface area (Å²) in [5, 5.41) is 20.6. The van der Waals surface area contributed by atoms with E-state index in [-0.39, 0.29) is 17.1 Å². The summed E-state index contributed by atoms with van der Waals surface area (Å²) >= 11 is 0. The Morgan fingerprint density at radius 1 is 1.64 bits per heavy atom. The quantitative estimate of drug-likeness (QED) is 0.387. The first kappa shape index (κ1) is 13.2. The van der Waals surface area contributed by atoms with E-state index < -0.39 is 18.1 Å². The van der Waals surface area contributed by atoms with Gasteiger partial charge in [-0.25, -0.2) is 0 Å². The molecular formula is C6H9FeNO3. The summed E-state index contributed by atoms with van der Waals surface area (Å²) in [6, 6.07) is -1.25. The molecule has 4 nitrogen and oxygen atoms in total. The first-order valence-electron chi connectivity index (χ1n) is 2.94. The first-order chi connectivity index (χ1) is 4.59. The minimum absolute atomic E-state index is 0. The van der Waals surface area contributed by atoms with Gasteiger partial charge in [-0.05, 0) is 13.1 Å². The number of carboxylic acid groups (broad SMARTS) is 1. The number of hydrogen-bond donors (Lipinski definition) is 0. The molecule has 0 aromatic rings. The van der Waals surface area contributed by atoms with Crippen molar-refractivity contribution in [3.63, 3.8) is 0 Å². The van der Waals surface area contributed by atoms with E-state index in [1.807, 2.05) is 0 Å². The van der Waals surface area contributed by atoms with Gasteiger partial charge in [-0.3, -0.25) is 4.99 Å². The van der Waals surface area contributed by atoms with Crippen LogP contribution in [0.2, 0.25) is 0 Å². The molecule has 0 aliphatic carbocycles. The van der Waals surface area contributed by atoms with Crippen LogP contribution >= 0.6 is 0 Å². The van der Waals surface area contributed by atoms with Gasteiger partial charge in [0.25, 0.3) is 0 Å². The van der Waals surface area contributed by atoms with Crippen LogP contribution in [-0.2, 0) is 21.9 Å². The number of carbonyl (C=O) groups excluding carboxylic acids is 1. The molecule has 2 atom stereocenters. The summed E-state index contributed by atoms with van der Waals surface area (Å²) in [4.78, 5) is 13.5. The second-order valence-electron chi connectivity index (χ2n) is 1.88. The predicted octanol–water partition coefficient (Wildman–Crippen LogP) is -2.06. The smallest absolute Gasteiger partial charge is 0.850 e. The van der Waals surface area contributed by atoms with Crippen LogP contribution < -0.4 is 10.2 Å². The summed E-state index contributed by atoms with van der Waals surface area (Å²) in [6.45, 7) is 2.80. The van der Waals surface area contributed by atoms with E-state index in [1.54, 1.807) is 6.92 Å². The van der Waals surface area contributed by atoms with Crippen molar-refractivity contribution in [1.29, 1.82) is 0 Å². The molecule has 0 spiro atoms. The fourth-order valence-corrected chi connectivity index (χ4v) is 0.534. The van der Waals surface area contributed by atoms with Gasteiger partial charge in [-0.1, -0.05) is 6.92 Å². The van der Waals surface area contributed by atoms with Gasteiger partial charge in [0.15, 0.2) is 0 Å². The van der Waals surface area contributed by atoms with Gasteiger partial charge in [0, 0.05) is 0 Å². The molecule has 0 amide bonds. The monoisotopic (exact) mass is 199 g/mol. The minimum Gasteiger partial charge on any atom is -0.850 e. The third-order valence-corrected chi connectivity index (χ3v) is 0.996. The van der Waals surface area contributed by atoms with Crippen LogP contribution in [0.15, 0.2) is 4.99 Å². The van der Waals surface area contributed by atoms with E-state index in [0.717, 1.165) is 0 Å². The summed E-state index contributed by atoms with van der Waals surface area (Å²) in [6.07, 6.45) is 0.0377. The second-order valence-corrected chi connectivity index (χ2v) is 1.88. The molecule has 0 radical (unpaired) electrons. The molecule has 0 saturated carbocycles. The molecule has 0 aliphatic heterocycles. The fourth-order valence-electron chi connectivity index (χ4n) is 0.534. The second kappa shape index (κ2) is 6.34. The van der Waals surface area contributed by atoms with Crippen molar-refractivity contribution in [3.05, 3.63) is 0 Å². The van der Waals surface area contributed by atoms with Crippen molar-refractivity contribution < 1.29 is 32.1 Å². The van der Waals surface area contributed by atoms with Crippen molar-refractivity contribution in [2.45, 2.75) is 26.0 Å². The summed E-state index contributed by atoms with van der Waals surface area (Å²) < 4.78 is 0. The van der Waals surface area contributed by atoms with Crippen LogP contribution in [0.3, 0.4) is 0 Å². The zero-order chi connectivity index (χ0) is 8.15. The van der Waals surface area contributed by atoms with Crippen LogP contribution in [-0.4, -0.2) is 24.3 Å². The molecule has 0 aromatic carbocycles. The molecule has 2 unspecified atom stereocenters. The Labute approximate surface area is 75.8 Å². The van der Waals surface area contributed by atoms with Gasteiger partial charge in [0.2, 0.25) is 0 Å². The van der Waals surface area contributed by atoms with Crippen molar-refractivity contribution in [2.75, 3.05) is 0 Å². The first-order valence-corrected chi connectivity index (χ1v) is 2.94. The topological polar surface area (TPSA) is 75.5 Å². The van der Waals surface area contributed by atoms with Gasteiger partial charge in [0.05, 0.1) is 12.0 Å². The zero-order valence-corrected chi connectivity index (χ0v) is 7.36. The maximum Gasteiger partial charge on any atom is 2.00 e. The molecule has 11 heavy (non-hydrogen) atoms. The van der Waals surface area contributed by atoms with E-state index in [4.69, 9.17) is 0 Å². The normalized spacial score (nSPS) is 15.5. The maximum atomic E-state index is 10.5. The molecule has 64 valence electrons. The summed E-state index contributed by atoms with van der Waals surface area (Å²) in [7, 11) is 0. The van der Waals surface area contributed by atoms with E-state index in [0.29, 0.717) is 0 Å². The molecular weight excluding hydrogens is 190 g/mol. The standard InChI is InChI=1S/C6H10NO3.Fe/c1-3-7-5(4(2)8)6(9)10;/h3-5H,1-2H3,(H,9,10);/q-1;+2/p-1. The molecule has 0 N–H and O–H groups in total. The predicted molar refractivity (Wildman–Crippen MR) is 32.4 cm³/mol. The van der Waals surface area contributed by atoms with Crippen LogP contribution in [0.25, 0.3) is 0 Å². The van der Waals surface area contributed by atoms with Crippen LogP contribution in [0.4, 0.5) is 0 Å². The molecule has 0 aromatic heterocycles. The number of aliphatic carboxylic acids is 1. The Morgan fingerprint density at radius 2 is 2.09 bits per heavy atom. The molecule has 0 bridgehead atoms. The van der Waals surface area contributed by atoms with E-state index in [2.05, 4.69) is 4.99 Å². The molecule has 0 aliphatic rings. The molecule has 0 fully saturated rings. The molecule has 5 heteroatoms. The number of rotatable bonds is 3. The average molecular weight is 199 g/mol. The Balaban J connectivity index is 0. The van der Waals surface area contributed by atoms with E-state index in [1.165, 1.54) is 13.1 Å². The number of carbonyl (C=O) groups is 1. The van der Waals surface area contributed by atoms with E-state index in [9.17, 15) is 15.0 Å². The largest absolute Gasteiger partial charge is 2.00 e. The van der Waals surface area contributed by atoms with Gasteiger partial charge >= 0.3 is 17.1 Å². The van der Waals surface area contributed by atoms with E-state index >= 15 is 0 Å². The number of nitrogens with zero attached hydrogens (tertiary/aromatic N) is 1. The summed E-state index contributed by atoms with van der Waals surface area (Å²) in [5.74, 6) is -1.42. The third-order valence-electron chi connectivity index (χ3n) is 0.996. The Bertz CT molecular complexity index is 147. The van der Waals surface area contributed by atoms with Crippen molar-refractivity contribution in [3.8, 4) is 0 Å². The van der Waals surface area contributed by atoms with Crippen molar-refractivity contribution in [1.82, 2.24) is 0 Å². The third kappa shape index (κ3) is 4.95. The van der Waals surface area contributed by atoms with Gasteiger partial charge in [0.1, 0.15) is 0 Å². The average Bonchev–Trinajstić information content (AvgIpc) is 1.81. The number of aliphatic imine (C=N–C) groups is 1. The van der Waals surface area contributed by atoms with Crippen LogP contribution in [0, 0.1) is 0 Å². The fraction of sp³-hybridized carbons (Fsp3) is 0.667. The maximum absolute atomic E-state index is 10.5. The Hall–Kier alpha value is -0.381. The van der Waals surface area contributed by atoms with Crippen molar-refractivity contribution >= 4 is 12.2 Å². The zero-order valence-electron chi connectivity index (χ0n) is 6.26.